The van der Waals surface area contributed by atoms with Crippen molar-refractivity contribution in [2.45, 2.75) is 12.3 Å². The SMILES string of the molecule is COc1cc(C(=O)CC(C(N)=O)c2ccccn2)cc(OC)c1OC.Cl.Cl. The molecule has 1 unspecified atom stereocenters. The van der Waals surface area contributed by atoms with Gasteiger partial charge in [-0.15, -0.1) is 24.8 Å². The fourth-order valence-corrected chi connectivity index (χ4v) is 2.48. The lowest BCUT2D eigenvalue weighted by Crippen LogP contribution is -2.24. The van der Waals surface area contributed by atoms with Gasteiger partial charge in [0.05, 0.1) is 32.9 Å². The molecule has 0 radical (unpaired) electrons. The maximum absolute atomic E-state index is 12.7. The molecule has 2 aromatic rings. The molecule has 2 rings (SSSR count). The van der Waals surface area contributed by atoms with Crippen molar-refractivity contribution in [3.8, 4) is 17.2 Å². The Bertz CT molecular complexity index is 747. The first-order valence-corrected chi connectivity index (χ1v) is 7.55. The van der Waals surface area contributed by atoms with Gasteiger partial charge in [-0.05, 0) is 24.3 Å². The Morgan fingerprint density at radius 2 is 1.63 bits per heavy atom. The molecule has 0 aliphatic heterocycles. The lowest BCUT2D eigenvalue weighted by molar-refractivity contribution is -0.119. The van der Waals surface area contributed by atoms with Gasteiger partial charge in [0.25, 0.3) is 0 Å². The summed E-state index contributed by atoms with van der Waals surface area (Å²) in [4.78, 5) is 28.6. The Morgan fingerprint density at radius 3 is 2.04 bits per heavy atom. The molecule has 0 spiro atoms. The summed E-state index contributed by atoms with van der Waals surface area (Å²) in [6, 6.07) is 8.21. The van der Waals surface area contributed by atoms with Crippen molar-refractivity contribution in [1.29, 1.82) is 0 Å². The van der Waals surface area contributed by atoms with E-state index in [4.69, 9.17) is 19.9 Å². The van der Waals surface area contributed by atoms with Gasteiger partial charge >= 0.3 is 0 Å². The van der Waals surface area contributed by atoms with Gasteiger partial charge in [-0.25, -0.2) is 0 Å². The zero-order valence-corrected chi connectivity index (χ0v) is 16.8. The number of rotatable bonds is 8. The van der Waals surface area contributed by atoms with Crippen LogP contribution in [-0.4, -0.2) is 38.0 Å². The number of nitrogens with two attached hydrogens (primary N) is 1. The van der Waals surface area contributed by atoms with Gasteiger partial charge < -0.3 is 19.9 Å². The Labute approximate surface area is 170 Å². The van der Waals surface area contributed by atoms with E-state index < -0.39 is 11.8 Å². The van der Waals surface area contributed by atoms with E-state index in [9.17, 15) is 9.59 Å². The Kier molecular flexibility index (Phi) is 10.2. The van der Waals surface area contributed by atoms with Crippen LogP contribution < -0.4 is 19.9 Å². The van der Waals surface area contributed by atoms with E-state index in [1.165, 1.54) is 21.3 Å². The molecule has 2 N–H and O–H groups in total. The number of amides is 1. The molecule has 1 aromatic heterocycles. The summed E-state index contributed by atoms with van der Waals surface area (Å²) in [6.45, 7) is 0. The van der Waals surface area contributed by atoms with E-state index >= 15 is 0 Å². The number of carbonyl (C=O) groups excluding carboxylic acids is 2. The number of benzene rings is 1. The predicted molar refractivity (Wildman–Crippen MR) is 106 cm³/mol. The van der Waals surface area contributed by atoms with Crippen LogP contribution in [0.3, 0.4) is 0 Å². The molecule has 0 saturated heterocycles. The second kappa shape index (κ2) is 11.3. The molecule has 27 heavy (non-hydrogen) atoms. The van der Waals surface area contributed by atoms with Crippen LogP contribution >= 0.6 is 24.8 Å². The Balaban J connectivity index is 0.00000338. The van der Waals surface area contributed by atoms with Crippen molar-refractivity contribution in [2.24, 2.45) is 5.73 Å². The molecule has 0 fully saturated rings. The second-order valence-corrected chi connectivity index (χ2v) is 5.25. The smallest absolute Gasteiger partial charge is 0.227 e. The molecular weight excluding hydrogens is 395 g/mol. The third-order valence-electron chi connectivity index (χ3n) is 3.76. The molecule has 0 saturated carbocycles. The van der Waals surface area contributed by atoms with E-state index in [0.29, 0.717) is 28.5 Å². The number of nitrogens with zero attached hydrogens (tertiary/aromatic N) is 1. The molecule has 148 valence electrons. The third-order valence-corrected chi connectivity index (χ3v) is 3.76. The van der Waals surface area contributed by atoms with E-state index in [1.807, 2.05) is 0 Å². The molecule has 1 atom stereocenters. The average molecular weight is 417 g/mol. The van der Waals surface area contributed by atoms with Crippen LogP contribution in [0.1, 0.15) is 28.4 Å². The summed E-state index contributed by atoms with van der Waals surface area (Å²) in [6.07, 6.45) is 1.44. The van der Waals surface area contributed by atoms with Crippen molar-refractivity contribution in [1.82, 2.24) is 4.98 Å². The maximum Gasteiger partial charge on any atom is 0.227 e. The predicted octanol–water partition coefficient (Wildman–Crippen LogP) is 2.79. The minimum Gasteiger partial charge on any atom is -0.493 e. The number of ketones is 1. The van der Waals surface area contributed by atoms with Crippen LogP contribution in [0.25, 0.3) is 0 Å². The number of pyridine rings is 1. The first-order chi connectivity index (χ1) is 12.0. The van der Waals surface area contributed by atoms with Crippen LogP contribution in [0.5, 0.6) is 17.2 Å². The first kappa shape index (κ1) is 24.5. The summed E-state index contributed by atoms with van der Waals surface area (Å²) >= 11 is 0. The summed E-state index contributed by atoms with van der Waals surface area (Å²) in [5.41, 5.74) is 6.24. The number of halogens is 2. The highest BCUT2D eigenvalue weighted by molar-refractivity contribution is 6.00. The molecule has 0 aliphatic carbocycles. The number of methoxy groups -OCH3 is 3. The van der Waals surface area contributed by atoms with Crippen LogP contribution in [0, 0.1) is 0 Å². The number of primary amides is 1. The highest BCUT2D eigenvalue weighted by Crippen LogP contribution is 2.38. The van der Waals surface area contributed by atoms with Gasteiger partial charge in [0.15, 0.2) is 17.3 Å². The molecule has 7 nitrogen and oxygen atoms in total. The van der Waals surface area contributed by atoms with Crippen molar-refractivity contribution in [2.75, 3.05) is 21.3 Å². The summed E-state index contributed by atoms with van der Waals surface area (Å²) in [5.74, 6) is -0.601. The van der Waals surface area contributed by atoms with Gasteiger partial charge in [-0.3, -0.25) is 14.6 Å². The van der Waals surface area contributed by atoms with Gasteiger partial charge in [0.2, 0.25) is 11.7 Å². The Morgan fingerprint density at radius 1 is 1.04 bits per heavy atom. The number of hydrogen-bond donors (Lipinski definition) is 1. The number of carbonyl (C=O) groups is 2. The normalized spacial score (nSPS) is 10.6. The summed E-state index contributed by atoms with van der Waals surface area (Å²) in [5, 5.41) is 0. The molecule has 0 bridgehead atoms. The maximum atomic E-state index is 12.7. The van der Waals surface area contributed by atoms with E-state index in [2.05, 4.69) is 4.98 Å². The topological polar surface area (TPSA) is 101 Å². The van der Waals surface area contributed by atoms with E-state index in [0.717, 1.165) is 0 Å². The minimum absolute atomic E-state index is 0. The van der Waals surface area contributed by atoms with Crippen molar-refractivity contribution in [3.05, 3.63) is 47.8 Å². The average Bonchev–Trinajstić information content (AvgIpc) is 2.64. The molecule has 0 aliphatic rings. The first-order valence-electron chi connectivity index (χ1n) is 7.55. The number of aromatic nitrogens is 1. The third kappa shape index (κ3) is 5.74. The molecular formula is C18H22Cl2N2O5. The minimum atomic E-state index is -0.812. The fraction of sp³-hybridized carbons (Fsp3) is 0.278. The molecule has 1 aromatic carbocycles. The number of hydrogen-bond acceptors (Lipinski definition) is 6. The molecule has 9 heteroatoms. The highest BCUT2D eigenvalue weighted by Gasteiger charge is 2.25. The van der Waals surface area contributed by atoms with Crippen molar-refractivity contribution in [3.63, 3.8) is 0 Å². The van der Waals surface area contributed by atoms with E-state index in [-0.39, 0.29) is 37.0 Å². The quantitative estimate of drug-likeness (QED) is 0.663. The van der Waals surface area contributed by atoms with Crippen LogP contribution in [0.4, 0.5) is 0 Å². The molecule has 1 amide bonds. The van der Waals surface area contributed by atoms with Crippen LogP contribution in [-0.2, 0) is 4.79 Å². The van der Waals surface area contributed by atoms with Gasteiger partial charge in [-0.2, -0.15) is 0 Å². The van der Waals surface area contributed by atoms with Crippen molar-refractivity contribution >= 4 is 36.5 Å². The Hall–Kier alpha value is -2.51. The van der Waals surface area contributed by atoms with Crippen LogP contribution in [0.2, 0.25) is 0 Å². The van der Waals surface area contributed by atoms with E-state index in [1.54, 1.807) is 36.5 Å². The standard InChI is InChI=1S/C18H20N2O5.2ClH/c1-23-15-8-11(9-16(24-2)17(15)25-3)14(21)10-12(18(19)22)13-6-4-5-7-20-13;;/h4-9,12H,10H2,1-3H3,(H2,19,22);2*1H. The van der Waals surface area contributed by atoms with Gasteiger partial charge in [0.1, 0.15) is 0 Å². The number of Topliss-reactive ketones (excluding diaryl/α,β-unsaturated/α-hetero) is 1. The zero-order valence-electron chi connectivity index (χ0n) is 15.1. The van der Waals surface area contributed by atoms with Gasteiger partial charge in [-0.1, -0.05) is 6.07 Å². The largest absolute Gasteiger partial charge is 0.493 e. The zero-order chi connectivity index (χ0) is 18.4. The highest BCUT2D eigenvalue weighted by atomic mass is 35.5. The molecule has 1 heterocycles. The van der Waals surface area contributed by atoms with Crippen molar-refractivity contribution < 1.29 is 23.8 Å². The number of ether oxygens (including phenoxy) is 3. The monoisotopic (exact) mass is 416 g/mol. The summed E-state index contributed by atoms with van der Waals surface area (Å²) in [7, 11) is 4.41. The van der Waals surface area contributed by atoms with Gasteiger partial charge in [0, 0.05) is 18.2 Å². The fourth-order valence-electron chi connectivity index (χ4n) is 2.48. The summed E-state index contributed by atoms with van der Waals surface area (Å²) < 4.78 is 15.7. The second-order valence-electron chi connectivity index (χ2n) is 5.25. The van der Waals surface area contributed by atoms with Crippen LogP contribution in [0.15, 0.2) is 36.5 Å². The lowest BCUT2D eigenvalue weighted by Gasteiger charge is -2.15. The lowest BCUT2D eigenvalue weighted by atomic mass is 9.94.